The number of aromatic nitrogens is 1. The van der Waals surface area contributed by atoms with E-state index in [-0.39, 0.29) is 24.0 Å². The van der Waals surface area contributed by atoms with Crippen molar-refractivity contribution in [2.45, 2.75) is 12.1 Å². The van der Waals surface area contributed by atoms with Gasteiger partial charge in [-0.25, -0.2) is 4.57 Å². The van der Waals surface area contributed by atoms with Gasteiger partial charge in [0, 0.05) is 18.2 Å². The van der Waals surface area contributed by atoms with Gasteiger partial charge in [0.1, 0.15) is 7.05 Å². The number of nitrogens with one attached hydrogen (secondary N) is 1. The van der Waals surface area contributed by atoms with E-state index in [4.69, 9.17) is 0 Å². The van der Waals surface area contributed by atoms with Gasteiger partial charge in [0.25, 0.3) is 5.91 Å². The zero-order chi connectivity index (χ0) is 17.7. The first kappa shape index (κ1) is 20.1. The smallest absolute Gasteiger partial charge is 0.261 e. The van der Waals surface area contributed by atoms with Crippen LogP contribution in [0.4, 0.5) is 0 Å². The molecule has 0 aliphatic carbocycles. The fourth-order valence-electron chi connectivity index (χ4n) is 2.85. The van der Waals surface area contributed by atoms with Crippen LogP contribution in [0.5, 0.6) is 0 Å². The van der Waals surface area contributed by atoms with Gasteiger partial charge in [0.2, 0.25) is 0 Å². The fourth-order valence-corrected chi connectivity index (χ4v) is 2.85. The minimum Gasteiger partial charge on any atom is -1.00 e. The number of carbonyl (C=O) groups is 1. The second-order valence-corrected chi connectivity index (χ2v) is 6.00. The average Bonchev–Trinajstić information content (AvgIpc) is 2.67. The van der Waals surface area contributed by atoms with Crippen LogP contribution in [0.3, 0.4) is 0 Å². The predicted octanol–water partition coefficient (Wildman–Crippen LogP) is -0.933. The van der Waals surface area contributed by atoms with Crippen LogP contribution in [-0.4, -0.2) is 11.0 Å². The summed E-state index contributed by atoms with van der Waals surface area (Å²) in [6.07, 6.45) is 3.86. The Labute approximate surface area is 170 Å². The zero-order valence-corrected chi connectivity index (χ0v) is 16.6. The highest BCUT2D eigenvalue weighted by Crippen LogP contribution is 2.29. The molecule has 26 heavy (non-hydrogen) atoms. The van der Waals surface area contributed by atoms with E-state index in [9.17, 15) is 9.90 Å². The SMILES string of the molecule is C[n+]1cccc(CNC(=O)C(O)(c2ccccc2)c2ccccc2)c1.[I-]. The number of hydrogen-bond acceptors (Lipinski definition) is 2. The van der Waals surface area contributed by atoms with E-state index in [2.05, 4.69) is 5.32 Å². The topological polar surface area (TPSA) is 53.2 Å². The van der Waals surface area contributed by atoms with Gasteiger partial charge in [-0.1, -0.05) is 60.7 Å². The second kappa shape index (κ2) is 8.91. The summed E-state index contributed by atoms with van der Waals surface area (Å²) in [5.74, 6) is -0.448. The summed E-state index contributed by atoms with van der Waals surface area (Å²) in [4.78, 5) is 13.0. The van der Waals surface area contributed by atoms with Crippen molar-refractivity contribution < 1.29 is 38.4 Å². The maximum atomic E-state index is 13.0. The summed E-state index contributed by atoms with van der Waals surface area (Å²) in [6, 6.07) is 21.9. The molecule has 0 spiro atoms. The van der Waals surface area contributed by atoms with Crippen LogP contribution >= 0.6 is 0 Å². The van der Waals surface area contributed by atoms with Crippen molar-refractivity contribution in [2.24, 2.45) is 7.05 Å². The maximum Gasteiger partial charge on any atom is 0.261 e. The van der Waals surface area contributed by atoms with Crippen LogP contribution in [0.25, 0.3) is 0 Å². The maximum absolute atomic E-state index is 13.0. The van der Waals surface area contributed by atoms with Crippen LogP contribution in [0.2, 0.25) is 0 Å². The van der Waals surface area contributed by atoms with E-state index in [1.165, 1.54) is 0 Å². The van der Waals surface area contributed by atoms with E-state index in [1.807, 2.05) is 72.5 Å². The van der Waals surface area contributed by atoms with Crippen molar-refractivity contribution in [3.05, 3.63) is 102 Å². The molecular formula is C21H21IN2O2. The lowest BCUT2D eigenvalue weighted by atomic mass is 9.85. The molecule has 0 aliphatic heterocycles. The Morgan fingerprint density at radius 3 is 2.00 bits per heavy atom. The Balaban J connectivity index is 0.00000243. The third-order valence-electron chi connectivity index (χ3n) is 4.17. The Bertz CT molecular complexity index is 815. The second-order valence-electron chi connectivity index (χ2n) is 6.00. The first-order valence-electron chi connectivity index (χ1n) is 8.16. The number of rotatable bonds is 5. The summed E-state index contributed by atoms with van der Waals surface area (Å²) in [6.45, 7) is 0.343. The molecule has 1 amide bonds. The number of amides is 1. The van der Waals surface area contributed by atoms with E-state index in [1.54, 1.807) is 24.3 Å². The highest BCUT2D eigenvalue weighted by atomic mass is 127. The largest absolute Gasteiger partial charge is 1.00 e. The van der Waals surface area contributed by atoms with Crippen LogP contribution in [0.1, 0.15) is 16.7 Å². The Morgan fingerprint density at radius 1 is 0.962 bits per heavy atom. The molecule has 1 aromatic heterocycles. The highest BCUT2D eigenvalue weighted by Gasteiger charge is 2.39. The molecule has 0 saturated carbocycles. The average molecular weight is 460 g/mol. The third-order valence-corrected chi connectivity index (χ3v) is 4.17. The van der Waals surface area contributed by atoms with Crippen molar-refractivity contribution >= 4 is 5.91 Å². The number of aryl methyl sites for hydroxylation is 1. The normalized spacial score (nSPS) is 10.7. The number of carbonyl (C=O) groups excluding carboxylic acids is 1. The van der Waals surface area contributed by atoms with Gasteiger partial charge >= 0.3 is 0 Å². The molecule has 0 aliphatic rings. The Hall–Kier alpha value is -2.25. The predicted molar refractivity (Wildman–Crippen MR) is 95.3 cm³/mol. The molecule has 2 aromatic carbocycles. The monoisotopic (exact) mass is 460 g/mol. The van der Waals surface area contributed by atoms with Gasteiger partial charge < -0.3 is 34.4 Å². The van der Waals surface area contributed by atoms with Crippen LogP contribution < -0.4 is 33.9 Å². The van der Waals surface area contributed by atoms with Crippen LogP contribution in [0.15, 0.2) is 85.2 Å². The lowest BCUT2D eigenvalue weighted by Crippen LogP contribution is -3.00. The van der Waals surface area contributed by atoms with Crippen molar-refractivity contribution in [2.75, 3.05) is 0 Å². The molecule has 1 heterocycles. The van der Waals surface area contributed by atoms with Gasteiger partial charge in [-0.15, -0.1) is 0 Å². The van der Waals surface area contributed by atoms with Crippen molar-refractivity contribution in [1.29, 1.82) is 0 Å². The molecule has 5 heteroatoms. The van der Waals surface area contributed by atoms with E-state index in [0.29, 0.717) is 17.7 Å². The molecule has 3 rings (SSSR count). The number of halogens is 1. The molecule has 134 valence electrons. The van der Waals surface area contributed by atoms with Gasteiger partial charge in [-0.2, -0.15) is 0 Å². The molecule has 0 unspecified atom stereocenters. The molecule has 2 N–H and O–H groups in total. The molecule has 0 radical (unpaired) electrons. The minimum atomic E-state index is -1.74. The summed E-state index contributed by atoms with van der Waals surface area (Å²) in [7, 11) is 1.93. The number of nitrogens with zero attached hydrogens (tertiary/aromatic N) is 1. The van der Waals surface area contributed by atoms with Crippen molar-refractivity contribution in [1.82, 2.24) is 5.32 Å². The molecular weight excluding hydrogens is 439 g/mol. The first-order chi connectivity index (χ1) is 12.1. The van der Waals surface area contributed by atoms with Gasteiger partial charge in [-0.05, 0) is 17.2 Å². The Kier molecular flexibility index (Phi) is 6.88. The number of pyridine rings is 1. The fraction of sp³-hybridized carbons (Fsp3) is 0.143. The molecule has 0 bridgehead atoms. The minimum absolute atomic E-state index is 0. The summed E-state index contributed by atoms with van der Waals surface area (Å²) >= 11 is 0. The van der Waals surface area contributed by atoms with Crippen molar-refractivity contribution in [3.63, 3.8) is 0 Å². The van der Waals surface area contributed by atoms with Crippen molar-refractivity contribution in [3.8, 4) is 0 Å². The number of aliphatic hydroxyl groups is 1. The summed E-state index contributed by atoms with van der Waals surface area (Å²) in [5, 5.41) is 14.2. The quantitative estimate of drug-likeness (QED) is 0.382. The Morgan fingerprint density at radius 2 is 1.50 bits per heavy atom. The van der Waals surface area contributed by atoms with E-state index in [0.717, 1.165) is 5.56 Å². The van der Waals surface area contributed by atoms with Gasteiger partial charge in [0.05, 0.1) is 0 Å². The van der Waals surface area contributed by atoms with Crippen LogP contribution in [0, 0.1) is 0 Å². The molecule has 0 saturated heterocycles. The van der Waals surface area contributed by atoms with Crippen LogP contribution in [-0.2, 0) is 24.0 Å². The summed E-state index contributed by atoms with van der Waals surface area (Å²) in [5.41, 5.74) is 0.302. The standard InChI is InChI=1S/C21H20N2O2.HI/c1-23-14-8-9-17(16-23)15-22-20(24)21(25,18-10-4-2-5-11-18)19-12-6-3-7-13-19;/h2-14,16,25H,15H2,1H3;1H. The number of benzene rings is 2. The highest BCUT2D eigenvalue weighted by molar-refractivity contribution is 5.90. The van der Waals surface area contributed by atoms with Gasteiger partial charge in [-0.3, -0.25) is 4.79 Å². The molecule has 0 atom stereocenters. The third kappa shape index (κ3) is 4.28. The number of hydrogen-bond donors (Lipinski definition) is 2. The lowest BCUT2D eigenvalue weighted by molar-refractivity contribution is -0.671. The lowest BCUT2D eigenvalue weighted by Gasteiger charge is -2.28. The van der Waals surface area contributed by atoms with Gasteiger partial charge in [0.15, 0.2) is 18.0 Å². The van der Waals surface area contributed by atoms with E-state index >= 15 is 0 Å². The first-order valence-corrected chi connectivity index (χ1v) is 8.16. The zero-order valence-electron chi connectivity index (χ0n) is 14.5. The molecule has 0 fully saturated rings. The molecule has 3 aromatic rings. The van der Waals surface area contributed by atoms with E-state index < -0.39 is 11.5 Å². The summed E-state index contributed by atoms with van der Waals surface area (Å²) < 4.78 is 1.92. The molecule has 4 nitrogen and oxygen atoms in total.